The average Bonchev–Trinajstić information content (AvgIpc) is 3.23. The van der Waals surface area contributed by atoms with Crippen molar-refractivity contribution < 1.29 is 0 Å². The van der Waals surface area contributed by atoms with Gasteiger partial charge in [-0.05, 0) is 57.1 Å². The molecule has 2 aliphatic carbocycles. The molecule has 1 unspecified atom stereocenters. The largest absolute Gasteiger partial charge is 0.302 e. The Bertz CT molecular complexity index is 652. The highest BCUT2D eigenvalue weighted by Gasteiger charge is 2.42. The van der Waals surface area contributed by atoms with Crippen LogP contribution in [0.5, 0.6) is 0 Å². The van der Waals surface area contributed by atoms with E-state index in [4.69, 9.17) is 4.98 Å². The van der Waals surface area contributed by atoms with Crippen LogP contribution >= 0.6 is 11.3 Å². The number of hydrogen-bond donors (Lipinski definition) is 1. The zero-order chi connectivity index (χ0) is 14.4. The van der Waals surface area contributed by atoms with Crippen molar-refractivity contribution in [2.45, 2.75) is 57.5 Å². The lowest BCUT2D eigenvalue weighted by Crippen LogP contribution is -2.47. The van der Waals surface area contributed by atoms with Crippen LogP contribution in [0.15, 0.2) is 24.3 Å². The van der Waals surface area contributed by atoms with Gasteiger partial charge in [-0.1, -0.05) is 24.3 Å². The molecule has 2 nitrogen and oxygen atoms in total. The van der Waals surface area contributed by atoms with Crippen LogP contribution in [-0.4, -0.2) is 11.0 Å². The van der Waals surface area contributed by atoms with Crippen molar-refractivity contribution in [2.75, 3.05) is 0 Å². The summed E-state index contributed by atoms with van der Waals surface area (Å²) >= 11 is 1.89. The molecule has 0 saturated heterocycles. The van der Waals surface area contributed by atoms with Gasteiger partial charge in [0.1, 0.15) is 5.01 Å². The molecule has 0 radical (unpaired) electrons. The SMILES string of the molecule is Cc1nc(C2(NC3CC3)CCc3ccccc3C2)sc1C. The zero-order valence-electron chi connectivity index (χ0n) is 12.8. The van der Waals surface area contributed by atoms with Gasteiger partial charge in [-0.2, -0.15) is 0 Å². The van der Waals surface area contributed by atoms with Gasteiger partial charge in [-0.3, -0.25) is 0 Å². The second kappa shape index (κ2) is 4.92. The molecule has 1 atom stereocenters. The molecule has 1 aromatic carbocycles. The third kappa shape index (κ3) is 2.43. The molecular formula is C18H22N2S. The average molecular weight is 298 g/mol. The third-order valence-electron chi connectivity index (χ3n) is 4.93. The van der Waals surface area contributed by atoms with Gasteiger partial charge in [0.2, 0.25) is 0 Å². The normalized spacial score (nSPS) is 24.9. The summed E-state index contributed by atoms with van der Waals surface area (Å²) in [6.45, 7) is 4.33. The number of aryl methyl sites for hydroxylation is 3. The van der Waals surface area contributed by atoms with Gasteiger partial charge in [-0.25, -0.2) is 4.98 Å². The Kier molecular flexibility index (Phi) is 3.16. The van der Waals surface area contributed by atoms with Crippen LogP contribution in [0.25, 0.3) is 0 Å². The fraction of sp³-hybridized carbons (Fsp3) is 0.500. The van der Waals surface area contributed by atoms with E-state index in [0.717, 1.165) is 12.8 Å². The van der Waals surface area contributed by atoms with Gasteiger partial charge in [0, 0.05) is 10.9 Å². The molecule has 21 heavy (non-hydrogen) atoms. The van der Waals surface area contributed by atoms with Crippen LogP contribution in [0.4, 0.5) is 0 Å². The van der Waals surface area contributed by atoms with Crippen molar-refractivity contribution in [1.29, 1.82) is 0 Å². The number of benzene rings is 1. The van der Waals surface area contributed by atoms with Crippen molar-refractivity contribution in [3.8, 4) is 0 Å². The highest BCUT2D eigenvalue weighted by Crippen LogP contribution is 2.41. The third-order valence-corrected chi connectivity index (χ3v) is 6.20. The van der Waals surface area contributed by atoms with E-state index in [1.165, 1.54) is 46.0 Å². The number of nitrogens with zero attached hydrogens (tertiary/aromatic N) is 1. The minimum Gasteiger partial charge on any atom is -0.302 e. The topological polar surface area (TPSA) is 24.9 Å². The molecule has 0 amide bonds. The fourth-order valence-corrected chi connectivity index (χ4v) is 4.49. The standard InChI is InChI=1S/C18H22N2S/c1-12-13(2)21-17(19-12)18(20-16-7-8-16)10-9-14-5-3-4-6-15(14)11-18/h3-6,16,20H,7-11H2,1-2H3. The van der Waals surface area contributed by atoms with E-state index in [1.807, 2.05) is 11.3 Å². The Labute approximate surface area is 130 Å². The quantitative estimate of drug-likeness (QED) is 0.929. The number of hydrogen-bond acceptors (Lipinski definition) is 3. The first-order valence-electron chi connectivity index (χ1n) is 7.95. The fourth-order valence-electron chi connectivity index (χ4n) is 3.40. The van der Waals surface area contributed by atoms with Crippen molar-refractivity contribution in [1.82, 2.24) is 10.3 Å². The maximum absolute atomic E-state index is 4.92. The van der Waals surface area contributed by atoms with Crippen LogP contribution in [-0.2, 0) is 18.4 Å². The van der Waals surface area contributed by atoms with E-state index < -0.39 is 0 Å². The second-order valence-electron chi connectivity index (χ2n) is 6.61. The molecule has 0 bridgehead atoms. The molecule has 1 N–H and O–H groups in total. The number of thiazole rings is 1. The summed E-state index contributed by atoms with van der Waals surface area (Å²) in [5.74, 6) is 0. The summed E-state index contributed by atoms with van der Waals surface area (Å²) in [7, 11) is 0. The highest BCUT2D eigenvalue weighted by atomic mass is 32.1. The Morgan fingerprint density at radius 2 is 1.95 bits per heavy atom. The summed E-state index contributed by atoms with van der Waals surface area (Å²) in [6.07, 6.45) is 6.08. The second-order valence-corrected chi connectivity index (χ2v) is 7.81. The summed E-state index contributed by atoms with van der Waals surface area (Å²) in [6, 6.07) is 9.63. The van der Waals surface area contributed by atoms with Crippen molar-refractivity contribution >= 4 is 11.3 Å². The first-order chi connectivity index (χ1) is 10.2. The van der Waals surface area contributed by atoms with E-state index in [2.05, 4.69) is 43.4 Å². The first-order valence-corrected chi connectivity index (χ1v) is 8.77. The van der Waals surface area contributed by atoms with E-state index in [9.17, 15) is 0 Å². The molecule has 0 spiro atoms. The summed E-state index contributed by atoms with van der Waals surface area (Å²) < 4.78 is 0. The Hall–Kier alpha value is -1.19. The molecule has 1 aromatic heterocycles. The molecular weight excluding hydrogens is 276 g/mol. The highest BCUT2D eigenvalue weighted by molar-refractivity contribution is 7.11. The van der Waals surface area contributed by atoms with Gasteiger partial charge in [0.15, 0.2) is 0 Å². The number of fused-ring (bicyclic) bond motifs is 1. The molecule has 1 heterocycles. The zero-order valence-corrected chi connectivity index (χ0v) is 13.6. The molecule has 4 rings (SSSR count). The van der Waals surface area contributed by atoms with E-state index in [-0.39, 0.29) is 5.54 Å². The predicted octanol–water partition coefficient (Wildman–Crippen LogP) is 3.90. The molecule has 2 aromatic rings. The molecule has 110 valence electrons. The predicted molar refractivity (Wildman–Crippen MR) is 87.9 cm³/mol. The van der Waals surface area contributed by atoms with Gasteiger partial charge < -0.3 is 5.32 Å². The van der Waals surface area contributed by atoms with Gasteiger partial charge >= 0.3 is 0 Å². The van der Waals surface area contributed by atoms with Gasteiger partial charge in [0.25, 0.3) is 0 Å². The minimum atomic E-state index is 0.0687. The number of aromatic nitrogens is 1. The molecule has 3 heteroatoms. The smallest absolute Gasteiger partial charge is 0.114 e. The van der Waals surface area contributed by atoms with Crippen molar-refractivity contribution in [3.63, 3.8) is 0 Å². The maximum Gasteiger partial charge on any atom is 0.114 e. The summed E-state index contributed by atoms with van der Waals surface area (Å²) in [5, 5.41) is 5.26. The lowest BCUT2D eigenvalue weighted by Gasteiger charge is -2.38. The maximum atomic E-state index is 4.92. The monoisotopic (exact) mass is 298 g/mol. The molecule has 2 aliphatic rings. The molecule has 1 saturated carbocycles. The van der Waals surface area contributed by atoms with Crippen LogP contribution in [0, 0.1) is 13.8 Å². The number of rotatable bonds is 3. The number of nitrogens with one attached hydrogen (secondary N) is 1. The minimum absolute atomic E-state index is 0.0687. The van der Waals surface area contributed by atoms with Crippen LogP contribution < -0.4 is 5.32 Å². The summed E-state index contributed by atoms with van der Waals surface area (Å²) in [5.41, 5.74) is 4.29. The Morgan fingerprint density at radius 1 is 1.19 bits per heavy atom. The summed E-state index contributed by atoms with van der Waals surface area (Å²) in [4.78, 5) is 6.28. The molecule has 1 fully saturated rings. The van der Waals surface area contributed by atoms with E-state index >= 15 is 0 Å². The van der Waals surface area contributed by atoms with Crippen LogP contribution in [0.3, 0.4) is 0 Å². The van der Waals surface area contributed by atoms with Crippen molar-refractivity contribution in [2.24, 2.45) is 0 Å². The van der Waals surface area contributed by atoms with E-state index in [0.29, 0.717) is 6.04 Å². The Balaban J connectivity index is 1.75. The lowest BCUT2D eigenvalue weighted by atomic mass is 9.78. The van der Waals surface area contributed by atoms with Gasteiger partial charge in [-0.15, -0.1) is 11.3 Å². The van der Waals surface area contributed by atoms with Crippen LogP contribution in [0.1, 0.15) is 46.0 Å². The van der Waals surface area contributed by atoms with E-state index in [1.54, 1.807) is 0 Å². The van der Waals surface area contributed by atoms with Crippen molar-refractivity contribution in [3.05, 3.63) is 51.0 Å². The first kappa shape index (κ1) is 13.5. The van der Waals surface area contributed by atoms with Crippen LogP contribution in [0.2, 0.25) is 0 Å². The molecule has 0 aliphatic heterocycles. The Morgan fingerprint density at radius 3 is 2.62 bits per heavy atom. The van der Waals surface area contributed by atoms with Gasteiger partial charge in [0.05, 0.1) is 11.2 Å². The lowest BCUT2D eigenvalue weighted by molar-refractivity contribution is 0.286.